The van der Waals surface area contributed by atoms with Gasteiger partial charge in [-0.1, -0.05) is 13.0 Å². The lowest BCUT2D eigenvalue weighted by molar-refractivity contribution is 0.0492. The fraction of sp³-hybridized carbons (Fsp3) is 0.833. The first-order valence-electron chi connectivity index (χ1n) is 5.66. The smallest absolute Gasteiger partial charge is 0.101 e. The molecule has 0 aromatic carbocycles. The summed E-state index contributed by atoms with van der Waals surface area (Å²) in [5.74, 6) is 3.98. The third-order valence-corrected chi connectivity index (χ3v) is 4.64. The molecular formula is C12H18O. The predicted octanol–water partition coefficient (Wildman–Crippen LogP) is 2.97. The highest BCUT2D eigenvalue weighted by atomic mass is 16.5. The van der Waals surface area contributed by atoms with E-state index < -0.39 is 0 Å². The molecule has 1 heteroatoms. The molecule has 1 unspecified atom stereocenters. The lowest BCUT2D eigenvalue weighted by Gasteiger charge is -2.30. The van der Waals surface area contributed by atoms with Gasteiger partial charge in [-0.3, -0.25) is 0 Å². The molecule has 2 bridgehead atoms. The Morgan fingerprint density at radius 2 is 1.92 bits per heavy atom. The highest BCUT2D eigenvalue weighted by molar-refractivity contribution is 5.03. The monoisotopic (exact) mass is 178 g/mol. The average Bonchev–Trinajstić information content (AvgIpc) is 2.72. The molecule has 3 rings (SSSR count). The van der Waals surface area contributed by atoms with Crippen LogP contribution in [0.25, 0.3) is 0 Å². The second kappa shape index (κ2) is 2.76. The minimum Gasteiger partial charge on any atom is -0.498 e. The zero-order valence-electron chi connectivity index (χ0n) is 8.11. The van der Waals surface area contributed by atoms with E-state index in [1.54, 1.807) is 6.26 Å². The first-order valence-corrected chi connectivity index (χ1v) is 5.66. The molecule has 3 fully saturated rings. The first kappa shape index (κ1) is 7.90. The Labute approximate surface area is 80.2 Å². The normalized spacial score (nSPS) is 52.2. The van der Waals surface area contributed by atoms with Crippen LogP contribution in [-0.2, 0) is 4.74 Å². The topological polar surface area (TPSA) is 9.23 Å². The molecule has 0 heterocycles. The molecule has 0 aliphatic heterocycles. The summed E-state index contributed by atoms with van der Waals surface area (Å²) in [6, 6.07) is 0. The maximum Gasteiger partial charge on any atom is 0.101 e. The van der Waals surface area contributed by atoms with Gasteiger partial charge >= 0.3 is 0 Å². The summed E-state index contributed by atoms with van der Waals surface area (Å²) in [5, 5.41) is 0. The van der Waals surface area contributed by atoms with Gasteiger partial charge in [0.05, 0.1) is 6.26 Å². The van der Waals surface area contributed by atoms with E-state index in [-0.39, 0.29) is 0 Å². The van der Waals surface area contributed by atoms with E-state index in [0.717, 1.165) is 23.7 Å². The second-order valence-electron chi connectivity index (χ2n) is 5.00. The molecule has 3 aliphatic rings. The number of hydrogen-bond donors (Lipinski definition) is 0. The van der Waals surface area contributed by atoms with Gasteiger partial charge in [0.15, 0.2) is 0 Å². The lowest BCUT2D eigenvalue weighted by atomic mass is 9.80. The van der Waals surface area contributed by atoms with E-state index in [1.165, 1.54) is 32.1 Å². The van der Waals surface area contributed by atoms with Crippen LogP contribution in [0.4, 0.5) is 0 Å². The largest absolute Gasteiger partial charge is 0.498 e. The number of fused-ring (bicyclic) bond motifs is 5. The van der Waals surface area contributed by atoms with Crippen molar-refractivity contribution in [3.05, 3.63) is 12.8 Å². The van der Waals surface area contributed by atoms with Gasteiger partial charge in [0.25, 0.3) is 0 Å². The molecule has 5 atom stereocenters. The highest BCUT2D eigenvalue weighted by Gasteiger charge is 2.54. The number of hydrogen-bond acceptors (Lipinski definition) is 1. The minimum atomic E-state index is 0.529. The summed E-state index contributed by atoms with van der Waals surface area (Å²) < 4.78 is 5.61. The van der Waals surface area contributed by atoms with Crippen LogP contribution in [0.3, 0.4) is 0 Å². The Morgan fingerprint density at radius 1 is 1.08 bits per heavy atom. The molecule has 72 valence electrons. The highest BCUT2D eigenvalue weighted by Crippen LogP contribution is 2.59. The Bertz CT molecular complexity index is 223. The van der Waals surface area contributed by atoms with Crippen molar-refractivity contribution < 1.29 is 4.74 Å². The quantitative estimate of drug-likeness (QED) is 0.591. The first-order chi connectivity index (χ1) is 6.40. The summed E-state index contributed by atoms with van der Waals surface area (Å²) in [4.78, 5) is 0. The maximum absolute atomic E-state index is 5.61. The van der Waals surface area contributed by atoms with Crippen molar-refractivity contribution in [1.29, 1.82) is 0 Å². The summed E-state index contributed by atoms with van der Waals surface area (Å²) in [6.07, 6.45) is 9.40. The van der Waals surface area contributed by atoms with E-state index in [2.05, 4.69) is 6.58 Å². The SMILES string of the molecule is C=COC1C[C@H]2C[C@@H]1[C@H]1CCC[C@@H]21. The lowest BCUT2D eigenvalue weighted by Crippen LogP contribution is -2.29. The van der Waals surface area contributed by atoms with Gasteiger partial charge in [0, 0.05) is 0 Å². The molecule has 0 saturated heterocycles. The van der Waals surface area contributed by atoms with Gasteiger partial charge in [-0.25, -0.2) is 0 Å². The standard InChI is InChI=1S/C12H18O/c1-2-13-12-7-8-6-11(12)10-5-3-4-9(8)10/h2,8-12H,1,3-7H2/t8-,9+,10+,11-,12?/m1/s1. The van der Waals surface area contributed by atoms with Crippen LogP contribution >= 0.6 is 0 Å². The summed E-state index contributed by atoms with van der Waals surface area (Å²) >= 11 is 0. The van der Waals surface area contributed by atoms with E-state index >= 15 is 0 Å². The summed E-state index contributed by atoms with van der Waals surface area (Å²) in [7, 11) is 0. The van der Waals surface area contributed by atoms with E-state index in [9.17, 15) is 0 Å². The Morgan fingerprint density at radius 3 is 2.77 bits per heavy atom. The number of rotatable bonds is 2. The van der Waals surface area contributed by atoms with Crippen molar-refractivity contribution in [3.63, 3.8) is 0 Å². The fourth-order valence-electron chi connectivity index (χ4n) is 4.29. The van der Waals surface area contributed by atoms with E-state index in [1.807, 2.05) is 0 Å². The van der Waals surface area contributed by atoms with Crippen LogP contribution in [0, 0.1) is 23.7 Å². The Hall–Kier alpha value is -0.460. The molecule has 3 aliphatic carbocycles. The Kier molecular flexibility index (Phi) is 1.68. The molecule has 13 heavy (non-hydrogen) atoms. The summed E-state index contributed by atoms with van der Waals surface area (Å²) in [5.41, 5.74) is 0. The third-order valence-electron chi connectivity index (χ3n) is 4.64. The van der Waals surface area contributed by atoms with Crippen LogP contribution in [0.15, 0.2) is 12.8 Å². The molecule has 0 amide bonds. The molecule has 0 N–H and O–H groups in total. The molecule has 1 nitrogen and oxygen atoms in total. The van der Waals surface area contributed by atoms with Gasteiger partial charge in [0.1, 0.15) is 6.10 Å². The average molecular weight is 178 g/mol. The maximum atomic E-state index is 5.61. The van der Waals surface area contributed by atoms with Crippen molar-refractivity contribution in [3.8, 4) is 0 Å². The van der Waals surface area contributed by atoms with Crippen LogP contribution in [0.2, 0.25) is 0 Å². The zero-order chi connectivity index (χ0) is 8.84. The third kappa shape index (κ3) is 0.992. The predicted molar refractivity (Wildman–Crippen MR) is 52.1 cm³/mol. The minimum absolute atomic E-state index is 0.529. The van der Waals surface area contributed by atoms with Crippen molar-refractivity contribution in [2.45, 2.75) is 38.2 Å². The fourth-order valence-corrected chi connectivity index (χ4v) is 4.29. The van der Waals surface area contributed by atoms with Crippen LogP contribution < -0.4 is 0 Å². The van der Waals surface area contributed by atoms with Gasteiger partial charge in [0.2, 0.25) is 0 Å². The van der Waals surface area contributed by atoms with Crippen molar-refractivity contribution in [2.75, 3.05) is 0 Å². The molecule has 3 saturated carbocycles. The van der Waals surface area contributed by atoms with Crippen molar-refractivity contribution >= 4 is 0 Å². The van der Waals surface area contributed by atoms with Crippen LogP contribution in [0.1, 0.15) is 32.1 Å². The van der Waals surface area contributed by atoms with Gasteiger partial charge < -0.3 is 4.74 Å². The zero-order valence-corrected chi connectivity index (χ0v) is 8.11. The number of ether oxygens (including phenoxy) is 1. The van der Waals surface area contributed by atoms with Gasteiger partial charge in [-0.15, -0.1) is 0 Å². The van der Waals surface area contributed by atoms with Gasteiger partial charge in [-0.2, -0.15) is 0 Å². The molecular weight excluding hydrogens is 160 g/mol. The second-order valence-corrected chi connectivity index (χ2v) is 5.00. The summed E-state index contributed by atoms with van der Waals surface area (Å²) in [6.45, 7) is 3.67. The van der Waals surface area contributed by atoms with Gasteiger partial charge in [-0.05, 0) is 49.4 Å². The van der Waals surface area contributed by atoms with E-state index in [0.29, 0.717) is 6.10 Å². The van der Waals surface area contributed by atoms with Crippen LogP contribution in [-0.4, -0.2) is 6.10 Å². The van der Waals surface area contributed by atoms with Crippen molar-refractivity contribution in [1.82, 2.24) is 0 Å². The molecule has 0 spiro atoms. The van der Waals surface area contributed by atoms with Crippen molar-refractivity contribution in [2.24, 2.45) is 23.7 Å². The molecule has 0 aromatic rings. The van der Waals surface area contributed by atoms with E-state index in [4.69, 9.17) is 4.74 Å². The van der Waals surface area contributed by atoms with Crippen LogP contribution in [0.5, 0.6) is 0 Å². The molecule has 0 aromatic heterocycles. The molecule has 0 radical (unpaired) electrons. The Balaban J connectivity index is 1.77.